The summed E-state index contributed by atoms with van der Waals surface area (Å²) in [7, 11) is 0. The monoisotopic (exact) mass is 277 g/mol. The van der Waals surface area contributed by atoms with Crippen molar-refractivity contribution in [2.45, 2.75) is 12.5 Å². The van der Waals surface area contributed by atoms with E-state index in [2.05, 4.69) is 44.6 Å². The Morgan fingerprint density at radius 2 is 2.00 bits per heavy atom. The van der Waals surface area contributed by atoms with Gasteiger partial charge in [0, 0.05) is 30.4 Å². The van der Waals surface area contributed by atoms with Gasteiger partial charge in [0.25, 0.3) is 0 Å². The van der Waals surface area contributed by atoms with Crippen LogP contribution in [0.4, 0.5) is 5.95 Å². The third-order valence-electron chi connectivity index (χ3n) is 3.76. The molecule has 0 spiro atoms. The van der Waals surface area contributed by atoms with Crippen LogP contribution in [0, 0.1) is 0 Å². The lowest BCUT2D eigenvalue weighted by Gasteiger charge is -2.23. The van der Waals surface area contributed by atoms with Gasteiger partial charge < -0.3 is 5.32 Å². The van der Waals surface area contributed by atoms with Gasteiger partial charge in [-0.2, -0.15) is 4.98 Å². The summed E-state index contributed by atoms with van der Waals surface area (Å²) < 4.78 is 1.95. The fourth-order valence-electron chi connectivity index (χ4n) is 2.65. The zero-order chi connectivity index (χ0) is 14.1. The van der Waals surface area contributed by atoms with Crippen molar-refractivity contribution in [1.82, 2.24) is 19.7 Å². The summed E-state index contributed by atoms with van der Waals surface area (Å²) in [4.78, 5) is 8.67. The number of nitrogens with zero attached hydrogens (tertiary/aromatic N) is 4. The van der Waals surface area contributed by atoms with E-state index in [1.807, 2.05) is 22.9 Å². The van der Waals surface area contributed by atoms with Crippen LogP contribution in [0.3, 0.4) is 0 Å². The zero-order valence-electron chi connectivity index (χ0n) is 11.5. The van der Waals surface area contributed by atoms with E-state index in [0.29, 0.717) is 5.92 Å². The normalized spacial score (nSPS) is 17.0. The molecule has 0 radical (unpaired) electrons. The van der Waals surface area contributed by atoms with Crippen LogP contribution in [0.25, 0.3) is 11.4 Å². The summed E-state index contributed by atoms with van der Waals surface area (Å²) in [5.41, 5.74) is 2.27. The number of benzene rings is 1. The van der Waals surface area contributed by atoms with E-state index < -0.39 is 0 Å². The van der Waals surface area contributed by atoms with Crippen LogP contribution >= 0.6 is 0 Å². The van der Waals surface area contributed by atoms with Crippen LogP contribution < -0.4 is 5.32 Å². The largest absolute Gasteiger partial charge is 0.354 e. The van der Waals surface area contributed by atoms with Gasteiger partial charge in [0.1, 0.15) is 0 Å². The van der Waals surface area contributed by atoms with Crippen LogP contribution in [0.2, 0.25) is 0 Å². The highest BCUT2D eigenvalue weighted by Crippen LogP contribution is 2.26. The Morgan fingerprint density at radius 3 is 2.81 bits per heavy atom. The SMILES string of the molecule is c1ccc(C2CNc3nc(-c4cccnc4)nn3C2)cc1. The fourth-order valence-corrected chi connectivity index (χ4v) is 2.65. The molecular formula is C16H15N5. The maximum Gasteiger partial charge on any atom is 0.221 e. The zero-order valence-corrected chi connectivity index (χ0v) is 11.5. The molecule has 1 atom stereocenters. The molecule has 0 saturated heterocycles. The van der Waals surface area contributed by atoms with Crippen LogP contribution in [-0.2, 0) is 6.54 Å². The Balaban J connectivity index is 1.63. The number of nitrogens with one attached hydrogen (secondary N) is 1. The van der Waals surface area contributed by atoms with E-state index in [1.165, 1.54) is 5.56 Å². The number of hydrogen-bond donors (Lipinski definition) is 1. The summed E-state index contributed by atoms with van der Waals surface area (Å²) in [5.74, 6) is 1.97. The maximum absolute atomic E-state index is 4.60. The van der Waals surface area contributed by atoms with E-state index in [9.17, 15) is 0 Å². The second-order valence-corrected chi connectivity index (χ2v) is 5.17. The molecule has 1 unspecified atom stereocenters. The lowest BCUT2D eigenvalue weighted by Crippen LogP contribution is -2.26. The number of fused-ring (bicyclic) bond motifs is 1. The lowest BCUT2D eigenvalue weighted by atomic mass is 9.98. The molecule has 0 amide bonds. The van der Waals surface area contributed by atoms with E-state index >= 15 is 0 Å². The molecule has 21 heavy (non-hydrogen) atoms. The van der Waals surface area contributed by atoms with Crippen molar-refractivity contribution in [1.29, 1.82) is 0 Å². The fraction of sp³-hybridized carbons (Fsp3) is 0.188. The molecule has 2 aromatic heterocycles. The molecule has 0 saturated carbocycles. The second-order valence-electron chi connectivity index (χ2n) is 5.17. The minimum absolute atomic E-state index is 0.419. The average Bonchev–Trinajstić information content (AvgIpc) is 2.99. The van der Waals surface area contributed by atoms with E-state index in [0.717, 1.165) is 30.4 Å². The Morgan fingerprint density at radius 1 is 1.10 bits per heavy atom. The molecule has 0 bridgehead atoms. The van der Waals surface area contributed by atoms with Crippen LogP contribution in [0.1, 0.15) is 11.5 Å². The quantitative estimate of drug-likeness (QED) is 0.782. The van der Waals surface area contributed by atoms with Gasteiger partial charge in [-0.25, -0.2) is 4.68 Å². The predicted molar refractivity (Wildman–Crippen MR) is 80.9 cm³/mol. The van der Waals surface area contributed by atoms with Crippen molar-refractivity contribution in [2.24, 2.45) is 0 Å². The molecule has 1 N–H and O–H groups in total. The number of anilines is 1. The highest BCUT2D eigenvalue weighted by Gasteiger charge is 2.22. The Bertz CT molecular complexity index is 736. The van der Waals surface area contributed by atoms with Crippen LogP contribution in [0.15, 0.2) is 54.9 Å². The van der Waals surface area contributed by atoms with Crippen molar-refractivity contribution < 1.29 is 0 Å². The van der Waals surface area contributed by atoms with E-state index in [1.54, 1.807) is 12.4 Å². The van der Waals surface area contributed by atoms with Gasteiger partial charge in [0.05, 0.1) is 6.54 Å². The van der Waals surface area contributed by atoms with Crippen LogP contribution in [0.5, 0.6) is 0 Å². The van der Waals surface area contributed by atoms with Gasteiger partial charge in [-0.1, -0.05) is 30.3 Å². The van der Waals surface area contributed by atoms with E-state index in [4.69, 9.17) is 0 Å². The molecular weight excluding hydrogens is 262 g/mol. The summed E-state index contributed by atoms with van der Waals surface area (Å²) in [6, 6.07) is 14.4. The first-order chi connectivity index (χ1) is 10.4. The van der Waals surface area contributed by atoms with Gasteiger partial charge in [-0.05, 0) is 17.7 Å². The lowest BCUT2D eigenvalue weighted by molar-refractivity contribution is 0.504. The molecule has 3 heterocycles. The molecule has 4 rings (SSSR count). The Hall–Kier alpha value is -2.69. The first kappa shape index (κ1) is 12.1. The first-order valence-corrected chi connectivity index (χ1v) is 7.04. The first-order valence-electron chi connectivity index (χ1n) is 7.04. The molecule has 5 nitrogen and oxygen atoms in total. The number of hydrogen-bond acceptors (Lipinski definition) is 4. The Kier molecular flexibility index (Phi) is 2.88. The van der Waals surface area contributed by atoms with Gasteiger partial charge in [0.2, 0.25) is 5.95 Å². The highest BCUT2D eigenvalue weighted by molar-refractivity contribution is 5.55. The summed E-state index contributed by atoms with van der Waals surface area (Å²) in [5, 5.41) is 7.97. The third-order valence-corrected chi connectivity index (χ3v) is 3.76. The number of aromatic nitrogens is 4. The van der Waals surface area contributed by atoms with Gasteiger partial charge >= 0.3 is 0 Å². The third kappa shape index (κ3) is 2.27. The number of pyridine rings is 1. The van der Waals surface area contributed by atoms with E-state index in [-0.39, 0.29) is 0 Å². The molecule has 1 aromatic carbocycles. The molecule has 1 aliphatic heterocycles. The van der Waals surface area contributed by atoms with Crippen molar-refractivity contribution in [3.8, 4) is 11.4 Å². The smallest absolute Gasteiger partial charge is 0.221 e. The number of rotatable bonds is 2. The van der Waals surface area contributed by atoms with Gasteiger partial charge in [-0.3, -0.25) is 4.98 Å². The second kappa shape index (κ2) is 5.01. The molecule has 104 valence electrons. The van der Waals surface area contributed by atoms with Gasteiger partial charge in [-0.15, -0.1) is 5.10 Å². The standard InChI is InChI=1S/C16H15N5/c1-2-5-12(6-3-1)14-10-18-16-19-15(20-21(16)11-14)13-7-4-8-17-9-13/h1-9,14H,10-11H2,(H,18,19,20). The van der Waals surface area contributed by atoms with Crippen LogP contribution in [-0.4, -0.2) is 26.3 Å². The minimum Gasteiger partial charge on any atom is -0.354 e. The minimum atomic E-state index is 0.419. The Labute approximate surface area is 122 Å². The molecule has 1 aliphatic rings. The van der Waals surface area contributed by atoms with Crippen molar-refractivity contribution >= 4 is 5.95 Å². The maximum atomic E-state index is 4.60. The highest BCUT2D eigenvalue weighted by atomic mass is 15.4. The predicted octanol–water partition coefficient (Wildman–Crippen LogP) is 2.55. The summed E-state index contributed by atoms with van der Waals surface area (Å²) in [6.07, 6.45) is 3.54. The molecule has 3 aromatic rings. The summed E-state index contributed by atoms with van der Waals surface area (Å²) >= 11 is 0. The molecule has 5 heteroatoms. The topological polar surface area (TPSA) is 55.6 Å². The van der Waals surface area contributed by atoms with Crippen molar-refractivity contribution in [3.05, 3.63) is 60.4 Å². The van der Waals surface area contributed by atoms with Crippen molar-refractivity contribution in [2.75, 3.05) is 11.9 Å². The average molecular weight is 277 g/mol. The molecule has 0 fully saturated rings. The molecule has 0 aliphatic carbocycles. The van der Waals surface area contributed by atoms with Gasteiger partial charge in [0.15, 0.2) is 5.82 Å². The van der Waals surface area contributed by atoms with Crippen molar-refractivity contribution in [3.63, 3.8) is 0 Å². The summed E-state index contributed by atoms with van der Waals surface area (Å²) in [6.45, 7) is 1.73.